The third kappa shape index (κ3) is 7.92. The van der Waals surface area contributed by atoms with E-state index in [9.17, 15) is 14.4 Å². The molecule has 0 aromatic rings. The van der Waals surface area contributed by atoms with Crippen LogP contribution in [0.2, 0.25) is 0 Å². The number of ether oxygens (including phenoxy) is 3. The summed E-state index contributed by atoms with van der Waals surface area (Å²) in [5.41, 5.74) is 5.50. The molecule has 5 fully saturated rings. The van der Waals surface area contributed by atoms with Gasteiger partial charge in [-0.05, 0) is 89.9 Å². The Hall–Kier alpha value is -2.01. The van der Waals surface area contributed by atoms with Gasteiger partial charge in [-0.2, -0.15) is 0 Å². The third-order valence-electron chi connectivity index (χ3n) is 12.6. The van der Waals surface area contributed by atoms with E-state index >= 15 is 0 Å². The molecule has 1 aliphatic carbocycles. The topological polar surface area (TPSA) is 141 Å². The molecule has 4 aliphatic heterocycles. The average molecular weight is 661 g/mol. The Balaban J connectivity index is 1.37. The second kappa shape index (κ2) is 14.9. The number of rotatable bonds is 12. The number of nitrogens with two attached hydrogens (primary N) is 3. The molecule has 47 heavy (non-hydrogen) atoms. The summed E-state index contributed by atoms with van der Waals surface area (Å²) in [6.45, 7) is 14.8. The molecule has 10 nitrogen and oxygen atoms in total. The molecule has 10 atom stereocenters. The minimum absolute atomic E-state index is 0.0439. The lowest BCUT2D eigenvalue weighted by molar-refractivity contribution is -0.706. The number of hydrogen-bond acceptors (Lipinski definition) is 7. The molecular formula is C37H64N4O6+2. The largest absolute Gasteiger partial charge is 0.462 e. The van der Waals surface area contributed by atoms with E-state index in [-0.39, 0.29) is 48.1 Å². The Morgan fingerprint density at radius 2 is 1.94 bits per heavy atom. The van der Waals surface area contributed by atoms with Crippen molar-refractivity contribution in [2.45, 2.75) is 141 Å². The summed E-state index contributed by atoms with van der Waals surface area (Å²) in [4.78, 5) is 41.5. The molecular weight excluding hydrogens is 596 g/mol. The highest BCUT2D eigenvalue weighted by Gasteiger charge is 2.61. The van der Waals surface area contributed by atoms with Crippen molar-refractivity contribution in [2.24, 2.45) is 41.2 Å². The van der Waals surface area contributed by atoms with Gasteiger partial charge in [0.25, 0.3) is 0 Å². The summed E-state index contributed by atoms with van der Waals surface area (Å²) in [6.07, 6.45) is 9.48. The zero-order valence-electron chi connectivity index (χ0n) is 30.2. The number of likely N-dealkylation sites (tertiary alicyclic amines) is 1. The quantitative estimate of drug-likeness (QED) is 0.216. The molecule has 0 aromatic carbocycles. The molecule has 4 saturated heterocycles. The SMILES string of the molecule is CC=C(C)C(=O)OC(C)(C)[C@@]1(CC2CC(N)[NH2+]CC2CC(=O)N2C[C@H](C[NH2+]C)[C@H]2CCC(C)C)CC2CC3CCC(=O)OC3CC2O1. The number of allylic oxidation sites excluding steroid dienone is 1. The van der Waals surface area contributed by atoms with Crippen LogP contribution in [0, 0.1) is 35.5 Å². The molecule has 10 heteroatoms. The van der Waals surface area contributed by atoms with Gasteiger partial charge in [0.05, 0.1) is 26.2 Å². The van der Waals surface area contributed by atoms with E-state index in [1.807, 2.05) is 20.8 Å². The fraction of sp³-hybridized carbons (Fsp3) is 0.865. The number of carbonyl (C=O) groups is 3. The molecule has 5 aliphatic rings. The van der Waals surface area contributed by atoms with Crippen LogP contribution in [0.3, 0.4) is 0 Å². The maximum atomic E-state index is 14.0. The number of fused-ring (bicyclic) bond motifs is 2. The lowest BCUT2D eigenvalue weighted by Crippen LogP contribution is -2.96. The zero-order chi connectivity index (χ0) is 34.1. The lowest BCUT2D eigenvalue weighted by atomic mass is 9.67. The predicted molar refractivity (Wildman–Crippen MR) is 179 cm³/mol. The van der Waals surface area contributed by atoms with Gasteiger partial charge in [-0.15, -0.1) is 0 Å². The summed E-state index contributed by atoms with van der Waals surface area (Å²) in [5, 5.41) is 4.43. The van der Waals surface area contributed by atoms with Gasteiger partial charge in [-0.3, -0.25) is 15.3 Å². The molecule has 7 unspecified atom stereocenters. The van der Waals surface area contributed by atoms with Crippen LogP contribution in [0.25, 0.3) is 0 Å². The molecule has 6 N–H and O–H groups in total. The van der Waals surface area contributed by atoms with E-state index in [1.165, 1.54) is 0 Å². The van der Waals surface area contributed by atoms with Gasteiger partial charge in [-0.25, -0.2) is 4.79 Å². The number of esters is 2. The van der Waals surface area contributed by atoms with E-state index in [0.717, 1.165) is 58.2 Å². The minimum atomic E-state index is -0.920. The summed E-state index contributed by atoms with van der Waals surface area (Å²) in [6, 6.07) is 0.327. The highest BCUT2D eigenvalue weighted by atomic mass is 16.6. The fourth-order valence-corrected chi connectivity index (χ4v) is 9.48. The number of hydrogen-bond donors (Lipinski definition) is 3. The highest BCUT2D eigenvalue weighted by molar-refractivity contribution is 5.88. The molecule has 4 heterocycles. The standard InChI is InChI=1S/C37H62N4O6/c1-8-23(4)35(44)47-36(5,6)37(18-26-13-24-10-12-34(43)45-30(24)16-31(26)46-37)17-25-14-32(38)40-20-27(25)15-33(42)41-21-28(19-39-7)29(41)11-9-22(2)3/h8,22,24-32,39-40H,9-21,38H2,1-7H3/p+2/t24?,25?,26?,27?,28-,29+,30?,31?,32?,37+/m0/s1. The molecule has 266 valence electrons. The van der Waals surface area contributed by atoms with Gasteiger partial charge in [0.2, 0.25) is 5.91 Å². The van der Waals surface area contributed by atoms with Crippen molar-refractivity contribution < 1.29 is 39.2 Å². The number of piperidine rings is 1. The Kier molecular flexibility index (Phi) is 11.5. The van der Waals surface area contributed by atoms with Crippen molar-refractivity contribution in [1.29, 1.82) is 0 Å². The van der Waals surface area contributed by atoms with Crippen LogP contribution in [0.5, 0.6) is 0 Å². The van der Waals surface area contributed by atoms with Gasteiger partial charge in [0.15, 0.2) is 0 Å². The molecule has 5 rings (SSSR count). The van der Waals surface area contributed by atoms with Crippen LogP contribution in [0.4, 0.5) is 0 Å². The van der Waals surface area contributed by atoms with Crippen LogP contribution in [-0.4, -0.2) is 85.0 Å². The minimum Gasteiger partial charge on any atom is -0.462 e. The van der Waals surface area contributed by atoms with E-state index in [0.29, 0.717) is 61.0 Å². The second-order valence-electron chi connectivity index (χ2n) is 16.6. The van der Waals surface area contributed by atoms with Crippen LogP contribution in [0.1, 0.15) is 106 Å². The number of nitrogens with zero attached hydrogens (tertiary/aromatic N) is 1. The molecule has 0 spiro atoms. The van der Waals surface area contributed by atoms with Crippen LogP contribution in [-0.2, 0) is 28.6 Å². The first kappa shape index (κ1) is 36.3. The van der Waals surface area contributed by atoms with Crippen molar-refractivity contribution in [3.05, 3.63) is 11.6 Å². The normalized spacial score (nSPS) is 37.6. The first-order valence-electron chi connectivity index (χ1n) is 18.7. The van der Waals surface area contributed by atoms with Gasteiger partial charge < -0.3 is 29.7 Å². The van der Waals surface area contributed by atoms with E-state index in [1.54, 1.807) is 13.0 Å². The summed E-state index contributed by atoms with van der Waals surface area (Å²) in [7, 11) is 2.12. The van der Waals surface area contributed by atoms with Crippen molar-refractivity contribution in [1.82, 2.24) is 4.90 Å². The van der Waals surface area contributed by atoms with Crippen molar-refractivity contribution in [3.63, 3.8) is 0 Å². The van der Waals surface area contributed by atoms with E-state index in [4.69, 9.17) is 19.9 Å². The first-order valence-corrected chi connectivity index (χ1v) is 18.7. The van der Waals surface area contributed by atoms with Gasteiger partial charge in [-0.1, -0.05) is 19.9 Å². The van der Waals surface area contributed by atoms with Gasteiger partial charge in [0.1, 0.15) is 23.5 Å². The second-order valence-corrected chi connectivity index (χ2v) is 16.6. The lowest BCUT2D eigenvalue weighted by Gasteiger charge is -2.49. The summed E-state index contributed by atoms with van der Waals surface area (Å²) in [5.74, 6) is 1.95. The van der Waals surface area contributed by atoms with Crippen molar-refractivity contribution >= 4 is 17.8 Å². The van der Waals surface area contributed by atoms with E-state index < -0.39 is 11.2 Å². The first-order chi connectivity index (χ1) is 22.3. The van der Waals surface area contributed by atoms with Crippen molar-refractivity contribution in [2.75, 3.05) is 26.7 Å². The molecule has 0 aromatic heterocycles. The van der Waals surface area contributed by atoms with Gasteiger partial charge in [0, 0.05) is 55.7 Å². The highest BCUT2D eigenvalue weighted by Crippen LogP contribution is 2.55. The van der Waals surface area contributed by atoms with E-state index in [2.05, 4.69) is 36.4 Å². The number of amides is 1. The third-order valence-corrected chi connectivity index (χ3v) is 12.6. The van der Waals surface area contributed by atoms with Crippen LogP contribution < -0.4 is 16.4 Å². The van der Waals surface area contributed by atoms with Crippen LogP contribution >= 0.6 is 0 Å². The summed E-state index contributed by atoms with van der Waals surface area (Å²) < 4.78 is 19.3. The summed E-state index contributed by atoms with van der Waals surface area (Å²) >= 11 is 0. The van der Waals surface area contributed by atoms with Crippen molar-refractivity contribution in [3.8, 4) is 0 Å². The van der Waals surface area contributed by atoms with Gasteiger partial charge >= 0.3 is 11.9 Å². The Morgan fingerprint density at radius 1 is 1.17 bits per heavy atom. The number of quaternary nitrogens is 2. The monoisotopic (exact) mass is 660 g/mol. The molecule has 1 amide bonds. The predicted octanol–water partition coefficient (Wildman–Crippen LogP) is 2.25. The Bertz CT molecular complexity index is 1170. The zero-order valence-corrected chi connectivity index (χ0v) is 30.2. The molecule has 0 bridgehead atoms. The molecule has 0 radical (unpaired) electrons. The Morgan fingerprint density at radius 3 is 2.64 bits per heavy atom. The maximum absolute atomic E-state index is 14.0. The maximum Gasteiger partial charge on any atom is 0.334 e. The smallest absolute Gasteiger partial charge is 0.334 e. The Labute approximate surface area is 282 Å². The van der Waals surface area contributed by atoms with Crippen LogP contribution in [0.15, 0.2) is 11.6 Å². The average Bonchev–Trinajstić information content (AvgIpc) is 3.36. The molecule has 1 saturated carbocycles. The number of carbonyl (C=O) groups excluding carboxylic acids is 3. The fourth-order valence-electron chi connectivity index (χ4n) is 9.48.